The van der Waals surface area contributed by atoms with Crippen LogP contribution in [-0.2, 0) is 4.79 Å². The molecule has 6 nitrogen and oxygen atoms in total. The van der Waals surface area contributed by atoms with Crippen LogP contribution in [0, 0.1) is 13.8 Å². The molecule has 2 rings (SSSR count). The SMILES string of the molecule is Cc1[nH]nc(NC(=O)CCOc2cccc(N)c2)c1C. The van der Waals surface area contributed by atoms with Crippen LogP contribution in [0.3, 0.4) is 0 Å². The Labute approximate surface area is 117 Å². The summed E-state index contributed by atoms with van der Waals surface area (Å²) in [5.74, 6) is 1.09. The van der Waals surface area contributed by atoms with Crippen LogP contribution in [-0.4, -0.2) is 22.7 Å². The average Bonchev–Trinajstić information content (AvgIpc) is 2.71. The molecule has 4 N–H and O–H groups in total. The largest absolute Gasteiger partial charge is 0.493 e. The molecule has 0 fully saturated rings. The van der Waals surface area contributed by atoms with E-state index in [4.69, 9.17) is 10.5 Å². The van der Waals surface area contributed by atoms with Gasteiger partial charge in [0, 0.05) is 23.0 Å². The predicted octanol–water partition coefficient (Wildman–Crippen LogP) is 2.02. The van der Waals surface area contributed by atoms with Gasteiger partial charge in [-0.2, -0.15) is 5.10 Å². The second-order valence-electron chi connectivity index (χ2n) is 4.54. The number of hydrogen-bond donors (Lipinski definition) is 3. The van der Waals surface area contributed by atoms with Crippen LogP contribution in [0.4, 0.5) is 11.5 Å². The number of hydrogen-bond acceptors (Lipinski definition) is 4. The first-order valence-electron chi connectivity index (χ1n) is 6.36. The molecule has 0 spiro atoms. The maximum atomic E-state index is 11.8. The zero-order valence-electron chi connectivity index (χ0n) is 11.6. The number of amides is 1. The Balaban J connectivity index is 1.80. The van der Waals surface area contributed by atoms with E-state index in [1.54, 1.807) is 24.3 Å². The molecular formula is C14H18N4O2. The number of carbonyl (C=O) groups is 1. The van der Waals surface area contributed by atoms with Gasteiger partial charge in [-0.05, 0) is 26.0 Å². The first-order chi connectivity index (χ1) is 9.56. The summed E-state index contributed by atoms with van der Waals surface area (Å²) in [5.41, 5.74) is 8.16. The zero-order valence-corrected chi connectivity index (χ0v) is 11.6. The second kappa shape index (κ2) is 6.10. The molecule has 0 bridgehead atoms. The number of H-pyrrole nitrogens is 1. The molecule has 0 unspecified atom stereocenters. The van der Waals surface area contributed by atoms with Gasteiger partial charge in [-0.15, -0.1) is 0 Å². The fourth-order valence-corrected chi connectivity index (χ4v) is 1.67. The highest BCUT2D eigenvalue weighted by Crippen LogP contribution is 2.15. The maximum Gasteiger partial charge on any atom is 0.229 e. The van der Waals surface area contributed by atoms with Gasteiger partial charge < -0.3 is 15.8 Å². The number of nitrogens with two attached hydrogens (primary N) is 1. The molecule has 0 aliphatic heterocycles. The van der Waals surface area contributed by atoms with Crippen LogP contribution in [0.1, 0.15) is 17.7 Å². The van der Waals surface area contributed by atoms with Crippen molar-refractivity contribution in [2.75, 3.05) is 17.7 Å². The van der Waals surface area contributed by atoms with Gasteiger partial charge >= 0.3 is 0 Å². The molecule has 0 saturated heterocycles. The van der Waals surface area contributed by atoms with Gasteiger partial charge in [0.25, 0.3) is 0 Å². The summed E-state index contributed by atoms with van der Waals surface area (Å²) in [5, 5.41) is 9.58. The standard InChI is InChI=1S/C14H18N4O2/c1-9-10(2)17-18-14(9)16-13(19)6-7-20-12-5-3-4-11(15)8-12/h3-5,8H,6-7,15H2,1-2H3,(H2,16,17,18,19). The number of nitrogen functional groups attached to an aromatic ring is 1. The Morgan fingerprint density at radius 3 is 2.90 bits per heavy atom. The second-order valence-corrected chi connectivity index (χ2v) is 4.54. The Hall–Kier alpha value is -2.50. The Morgan fingerprint density at radius 2 is 2.25 bits per heavy atom. The number of rotatable bonds is 5. The van der Waals surface area contributed by atoms with Crippen LogP contribution in [0.25, 0.3) is 0 Å². The molecule has 6 heteroatoms. The summed E-state index contributed by atoms with van der Waals surface area (Å²) in [7, 11) is 0. The number of nitrogens with one attached hydrogen (secondary N) is 2. The lowest BCUT2D eigenvalue weighted by molar-refractivity contribution is -0.116. The van der Waals surface area contributed by atoms with E-state index in [-0.39, 0.29) is 18.9 Å². The van der Waals surface area contributed by atoms with Gasteiger partial charge in [0.2, 0.25) is 5.91 Å². The van der Waals surface area contributed by atoms with E-state index in [2.05, 4.69) is 15.5 Å². The smallest absolute Gasteiger partial charge is 0.229 e. The third kappa shape index (κ3) is 3.50. The van der Waals surface area contributed by atoms with Gasteiger partial charge in [-0.3, -0.25) is 9.89 Å². The van der Waals surface area contributed by atoms with Crippen LogP contribution >= 0.6 is 0 Å². The average molecular weight is 274 g/mol. The van der Waals surface area contributed by atoms with Crippen molar-refractivity contribution in [2.24, 2.45) is 0 Å². The van der Waals surface area contributed by atoms with Gasteiger partial charge in [0.1, 0.15) is 5.75 Å². The number of benzene rings is 1. The van der Waals surface area contributed by atoms with Crippen molar-refractivity contribution < 1.29 is 9.53 Å². The highest BCUT2D eigenvalue weighted by molar-refractivity contribution is 5.90. The number of carbonyl (C=O) groups excluding carboxylic acids is 1. The summed E-state index contributed by atoms with van der Waals surface area (Å²) in [6.45, 7) is 4.09. The highest BCUT2D eigenvalue weighted by Gasteiger charge is 2.09. The summed E-state index contributed by atoms with van der Waals surface area (Å²) in [6, 6.07) is 7.11. The molecule has 0 aliphatic carbocycles. The van der Waals surface area contributed by atoms with Gasteiger partial charge in [-0.25, -0.2) is 0 Å². The molecule has 20 heavy (non-hydrogen) atoms. The van der Waals surface area contributed by atoms with Gasteiger partial charge in [0.05, 0.1) is 13.0 Å². The van der Waals surface area contributed by atoms with Crippen molar-refractivity contribution >= 4 is 17.4 Å². The van der Waals surface area contributed by atoms with Crippen molar-refractivity contribution in [1.29, 1.82) is 0 Å². The van der Waals surface area contributed by atoms with Crippen LogP contribution in [0.2, 0.25) is 0 Å². The molecule has 0 aliphatic rings. The molecule has 106 valence electrons. The zero-order chi connectivity index (χ0) is 14.5. The molecule has 1 aromatic heterocycles. The molecule has 1 heterocycles. The number of anilines is 2. The van der Waals surface area contributed by atoms with E-state index in [0.29, 0.717) is 17.3 Å². The lowest BCUT2D eigenvalue weighted by Crippen LogP contribution is -2.16. The molecular weight excluding hydrogens is 256 g/mol. The lowest BCUT2D eigenvalue weighted by atomic mass is 10.3. The number of ether oxygens (including phenoxy) is 1. The number of aromatic amines is 1. The van der Waals surface area contributed by atoms with Crippen molar-refractivity contribution in [3.8, 4) is 5.75 Å². The molecule has 1 aromatic carbocycles. The normalized spacial score (nSPS) is 10.3. The van der Waals surface area contributed by atoms with Gasteiger partial charge in [0.15, 0.2) is 5.82 Å². The van der Waals surface area contributed by atoms with Crippen molar-refractivity contribution in [1.82, 2.24) is 10.2 Å². The van der Waals surface area contributed by atoms with Crippen molar-refractivity contribution in [3.05, 3.63) is 35.5 Å². The summed E-state index contributed by atoms with van der Waals surface area (Å²) in [6.07, 6.45) is 0.250. The fourth-order valence-electron chi connectivity index (χ4n) is 1.67. The van der Waals surface area contributed by atoms with Crippen molar-refractivity contribution in [3.63, 3.8) is 0 Å². The molecule has 0 radical (unpaired) electrons. The summed E-state index contributed by atoms with van der Waals surface area (Å²) >= 11 is 0. The first-order valence-corrected chi connectivity index (χ1v) is 6.36. The molecule has 0 saturated carbocycles. The minimum absolute atomic E-state index is 0.136. The van der Waals surface area contributed by atoms with E-state index in [0.717, 1.165) is 11.3 Å². The third-order valence-electron chi connectivity index (χ3n) is 2.97. The van der Waals surface area contributed by atoms with Crippen LogP contribution in [0.15, 0.2) is 24.3 Å². The predicted molar refractivity (Wildman–Crippen MR) is 77.7 cm³/mol. The topological polar surface area (TPSA) is 93.0 Å². The van der Waals surface area contributed by atoms with Gasteiger partial charge in [-0.1, -0.05) is 6.07 Å². The minimum Gasteiger partial charge on any atom is -0.493 e. The monoisotopic (exact) mass is 274 g/mol. The minimum atomic E-state index is -0.136. The quantitative estimate of drug-likeness (QED) is 0.727. The number of aryl methyl sites for hydroxylation is 1. The highest BCUT2D eigenvalue weighted by atomic mass is 16.5. The van der Waals surface area contributed by atoms with E-state index in [9.17, 15) is 4.79 Å². The third-order valence-corrected chi connectivity index (χ3v) is 2.97. The number of aromatic nitrogens is 2. The van der Waals surface area contributed by atoms with Crippen molar-refractivity contribution in [2.45, 2.75) is 20.3 Å². The maximum absolute atomic E-state index is 11.8. The Bertz CT molecular complexity index is 607. The van der Waals surface area contributed by atoms with E-state index in [1.807, 2.05) is 13.8 Å². The van der Waals surface area contributed by atoms with Crippen LogP contribution in [0.5, 0.6) is 5.75 Å². The van der Waals surface area contributed by atoms with E-state index >= 15 is 0 Å². The lowest BCUT2D eigenvalue weighted by Gasteiger charge is -2.07. The van der Waals surface area contributed by atoms with E-state index < -0.39 is 0 Å². The van der Waals surface area contributed by atoms with Crippen LogP contribution < -0.4 is 15.8 Å². The Morgan fingerprint density at radius 1 is 1.45 bits per heavy atom. The molecule has 2 aromatic rings. The first kappa shape index (κ1) is 13.9. The van der Waals surface area contributed by atoms with E-state index in [1.165, 1.54) is 0 Å². The number of nitrogens with zero attached hydrogens (tertiary/aromatic N) is 1. The summed E-state index contributed by atoms with van der Waals surface area (Å²) in [4.78, 5) is 11.8. The Kier molecular flexibility index (Phi) is 4.24. The summed E-state index contributed by atoms with van der Waals surface area (Å²) < 4.78 is 5.46. The molecule has 1 amide bonds. The molecule has 0 atom stereocenters. The fraction of sp³-hybridized carbons (Fsp3) is 0.286.